The van der Waals surface area contributed by atoms with Gasteiger partial charge in [-0.05, 0) is 18.9 Å². The molecule has 2 atom stereocenters. The second-order valence-electron chi connectivity index (χ2n) is 3.23. The van der Waals surface area contributed by atoms with E-state index in [0.717, 1.165) is 0 Å². The first kappa shape index (κ1) is 9.73. The first-order valence-electron chi connectivity index (χ1n) is 3.48. The van der Waals surface area contributed by atoms with Crippen molar-refractivity contribution in [2.75, 3.05) is 0 Å². The summed E-state index contributed by atoms with van der Waals surface area (Å²) in [5.74, 6) is 0. The van der Waals surface area contributed by atoms with Crippen LogP contribution >= 0.6 is 58.0 Å². The van der Waals surface area contributed by atoms with Crippen LogP contribution in [0.4, 0.5) is 0 Å². The highest BCUT2D eigenvalue weighted by Gasteiger charge is 2.71. The van der Waals surface area contributed by atoms with Crippen molar-refractivity contribution in [1.29, 1.82) is 0 Å². The van der Waals surface area contributed by atoms with Crippen LogP contribution in [0.1, 0.15) is 12.8 Å². The van der Waals surface area contributed by atoms with Gasteiger partial charge in [-0.25, -0.2) is 0 Å². The Kier molecular flexibility index (Phi) is 1.95. The van der Waals surface area contributed by atoms with Gasteiger partial charge in [0, 0.05) is 5.03 Å². The van der Waals surface area contributed by atoms with Gasteiger partial charge < -0.3 is 0 Å². The second-order valence-corrected chi connectivity index (χ2v) is 6.28. The maximum atomic E-state index is 6.18. The summed E-state index contributed by atoms with van der Waals surface area (Å²) in [6.45, 7) is 0. The highest BCUT2D eigenvalue weighted by atomic mass is 35.5. The van der Waals surface area contributed by atoms with Crippen molar-refractivity contribution in [2.45, 2.75) is 26.9 Å². The van der Waals surface area contributed by atoms with Crippen LogP contribution in [-0.2, 0) is 0 Å². The number of rotatable bonds is 0. The van der Waals surface area contributed by atoms with E-state index in [1.54, 1.807) is 6.08 Å². The Hall–Kier alpha value is 1.19. The molecule has 0 radical (unpaired) electrons. The van der Waals surface area contributed by atoms with Crippen molar-refractivity contribution in [3.63, 3.8) is 0 Å². The average Bonchev–Trinajstić information content (AvgIpc) is 2.18. The topological polar surface area (TPSA) is 0 Å². The molecule has 0 aromatic carbocycles. The fourth-order valence-electron chi connectivity index (χ4n) is 1.74. The maximum absolute atomic E-state index is 6.18. The molecule has 1 fully saturated rings. The van der Waals surface area contributed by atoms with Gasteiger partial charge in [0.05, 0.1) is 4.87 Å². The monoisotopic (exact) mass is 264 g/mol. The third-order valence-corrected chi connectivity index (χ3v) is 6.08. The van der Waals surface area contributed by atoms with Crippen LogP contribution < -0.4 is 0 Å². The Morgan fingerprint density at radius 2 is 1.67 bits per heavy atom. The largest absolute Gasteiger partial charge is 0.164 e. The molecule has 0 amide bonds. The minimum Gasteiger partial charge on any atom is -0.111 e. The molecule has 2 rings (SSSR count). The van der Waals surface area contributed by atoms with E-state index in [-0.39, 0.29) is 0 Å². The van der Waals surface area contributed by atoms with Crippen molar-refractivity contribution in [3.05, 3.63) is 11.1 Å². The molecule has 68 valence electrons. The van der Waals surface area contributed by atoms with E-state index in [1.807, 2.05) is 0 Å². The first-order valence-corrected chi connectivity index (χ1v) is 5.37. The van der Waals surface area contributed by atoms with Crippen LogP contribution in [-0.4, -0.2) is 14.1 Å². The molecule has 0 nitrogen and oxygen atoms in total. The lowest BCUT2D eigenvalue weighted by Crippen LogP contribution is -2.41. The minimum absolute atomic E-state index is 0.468. The number of fused-ring (bicyclic) bond motifs is 2. The highest BCUT2D eigenvalue weighted by Crippen LogP contribution is 2.68. The average molecular weight is 266 g/mol. The molecule has 0 N–H and O–H groups in total. The fourth-order valence-corrected chi connectivity index (χ4v) is 3.74. The normalized spacial score (nSPS) is 49.6. The van der Waals surface area contributed by atoms with Gasteiger partial charge in [-0.15, -0.1) is 23.2 Å². The summed E-state index contributed by atoms with van der Waals surface area (Å²) < 4.78 is -1.18. The van der Waals surface area contributed by atoms with Crippen LogP contribution in [0.2, 0.25) is 0 Å². The van der Waals surface area contributed by atoms with E-state index < -0.39 is 14.1 Å². The van der Waals surface area contributed by atoms with Crippen molar-refractivity contribution < 1.29 is 0 Å². The summed E-state index contributed by atoms with van der Waals surface area (Å²) in [5, 5.41) is 0.468. The van der Waals surface area contributed by atoms with Crippen molar-refractivity contribution in [2.24, 2.45) is 0 Å². The van der Waals surface area contributed by atoms with Crippen LogP contribution in [0.5, 0.6) is 0 Å². The zero-order valence-corrected chi connectivity index (χ0v) is 9.66. The fraction of sp³-hybridized carbons (Fsp3) is 0.714. The molecular weight excluding hydrogens is 261 g/mol. The molecule has 1 saturated carbocycles. The van der Waals surface area contributed by atoms with E-state index in [2.05, 4.69) is 0 Å². The Labute approximate surface area is 95.7 Å². The number of hydrogen-bond donors (Lipinski definition) is 0. The van der Waals surface area contributed by atoms with Crippen LogP contribution in [0.25, 0.3) is 0 Å². The molecule has 2 aliphatic rings. The SMILES string of the molecule is ClC1=CC2(Cl)CCC1(Cl)C2(Cl)Cl. The molecule has 2 aliphatic carbocycles. The quantitative estimate of drug-likeness (QED) is 0.580. The number of alkyl halides is 4. The summed E-state index contributed by atoms with van der Waals surface area (Å²) in [6.07, 6.45) is 2.95. The minimum atomic E-state index is -1.18. The van der Waals surface area contributed by atoms with Gasteiger partial charge in [-0.2, -0.15) is 0 Å². The lowest BCUT2D eigenvalue weighted by molar-refractivity contribution is 0.686. The molecule has 0 saturated heterocycles. The van der Waals surface area contributed by atoms with E-state index in [1.165, 1.54) is 0 Å². The van der Waals surface area contributed by atoms with Crippen molar-refractivity contribution >= 4 is 58.0 Å². The van der Waals surface area contributed by atoms with Crippen molar-refractivity contribution in [1.82, 2.24) is 0 Å². The van der Waals surface area contributed by atoms with Gasteiger partial charge in [0.1, 0.15) is 4.87 Å². The summed E-state index contributed by atoms with van der Waals surface area (Å²) in [4.78, 5) is -1.66. The number of halogens is 5. The lowest BCUT2D eigenvalue weighted by atomic mass is 10.1. The van der Waals surface area contributed by atoms with Crippen LogP contribution in [0, 0.1) is 0 Å². The van der Waals surface area contributed by atoms with Crippen LogP contribution in [0.15, 0.2) is 11.1 Å². The van der Waals surface area contributed by atoms with Gasteiger partial charge in [0.15, 0.2) is 4.33 Å². The predicted octanol–water partition coefficient (Wildman–Crippen LogP) is 4.05. The summed E-state index contributed by atoms with van der Waals surface area (Å²) >= 11 is 30.4. The standard InChI is InChI=1S/C7H5Cl5/c8-4-3-5(9)1-2-6(4,10)7(5,11)12/h3H,1-2H2. The molecule has 5 heteroatoms. The van der Waals surface area contributed by atoms with E-state index in [9.17, 15) is 0 Å². The zero-order chi connectivity index (χ0) is 9.20. The Morgan fingerprint density at radius 1 is 1.08 bits per heavy atom. The van der Waals surface area contributed by atoms with Gasteiger partial charge in [-0.3, -0.25) is 0 Å². The molecule has 2 unspecified atom stereocenters. The lowest BCUT2D eigenvalue weighted by Gasteiger charge is -2.30. The van der Waals surface area contributed by atoms with Gasteiger partial charge >= 0.3 is 0 Å². The molecule has 0 heterocycles. The van der Waals surface area contributed by atoms with E-state index in [0.29, 0.717) is 17.9 Å². The van der Waals surface area contributed by atoms with Gasteiger partial charge in [-0.1, -0.05) is 34.8 Å². The molecule has 0 aliphatic heterocycles. The molecule has 0 aromatic heterocycles. The predicted molar refractivity (Wildman–Crippen MR) is 54.8 cm³/mol. The van der Waals surface area contributed by atoms with Crippen molar-refractivity contribution in [3.8, 4) is 0 Å². The molecule has 0 aromatic rings. The van der Waals surface area contributed by atoms with Crippen LogP contribution in [0.3, 0.4) is 0 Å². The summed E-state index contributed by atoms with van der Waals surface area (Å²) in [7, 11) is 0. The number of hydrogen-bond acceptors (Lipinski definition) is 0. The molecular formula is C7H5Cl5. The Balaban J connectivity index is 2.59. The molecule has 0 spiro atoms. The van der Waals surface area contributed by atoms with Gasteiger partial charge in [0.2, 0.25) is 0 Å². The third-order valence-electron chi connectivity index (χ3n) is 2.59. The van der Waals surface area contributed by atoms with Gasteiger partial charge in [0.25, 0.3) is 0 Å². The third kappa shape index (κ3) is 0.840. The Bertz CT molecular complexity index is 271. The maximum Gasteiger partial charge on any atom is 0.164 e. The summed E-state index contributed by atoms with van der Waals surface area (Å²) in [6, 6.07) is 0. The Morgan fingerprint density at radius 3 is 1.83 bits per heavy atom. The molecule has 12 heavy (non-hydrogen) atoms. The van der Waals surface area contributed by atoms with E-state index in [4.69, 9.17) is 58.0 Å². The molecule has 2 bridgehead atoms. The second kappa shape index (κ2) is 2.41. The zero-order valence-electron chi connectivity index (χ0n) is 5.88. The summed E-state index contributed by atoms with van der Waals surface area (Å²) in [5.41, 5.74) is 0. The highest BCUT2D eigenvalue weighted by molar-refractivity contribution is 6.62. The number of allylic oxidation sites excluding steroid dienone is 2. The smallest absolute Gasteiger partial charge is 0.111 e. The first-order chi connectivity index (χ1) is 5.33. The van der Waals surface area contributed by atoms with E-state index >= 15 is 0 Å².